The molecule has 0 saturated heterocycles. The van der Waals surface area contributed by atoms with E-state index in [-0.39, 0.29) is 16.6 Å². The third-order valence-electron chi connectivity index (χ3n) is 2.68. The minimum atomic E-state index is -4.73. The van der Waals surface area contributed by atoms with Crippen molar-refractivity contribution in [2.45, 2.75) is 17.7 Å². The Morgan fingerprint density at radius 3 is 2.24 bits per heavy atom. The molecule has 0 bridgehead atoms. The van der Waals surface area contributed by atoms with Gasteiger partial charge in [0.1, 0.15) is 0 Å². The molecule has 114 valence electrons. The highest BCUT2D eigenvalue weighted by Crippen LogP contribution is 2.36. The largest absolute Gasteiger partial charge is 0.433 e. The average Bonchev–Trinajstić information content (AvgIpc) is 2.81. The van der Waals surface area contributed by atoms with Gasteiger partial charge in [-0.25, -0.2) is 4.68 Å². The number of benzene rings is 1. The summed E-state index contributed by atoms with van der Waals surface area (Å²) in [5.41, 5.74) is -2.59. The lowest BCUT2D eigenvalue weighted by Crippen LogP contribution is -2.16. The van der Waals surface area contributed by atoms with Gasteiger partial charge in [-0.2, -0.15) is 31.4 Å². The minimum absolute atomic E-state index is 0.110. The topological polar surface area (TPSA) is 17.8 Å². The number of aromatic nitrogens is 2. The van der Waals surface area contributed by atoms with Crippen LogP contribution in [0.15, 0.2) is 30.5 Å². The first-order chi connectivity index (χ1) is 9.64. The summed E-state index contributed by atoms with van der Waals surface area (Å²) >= 11 is 2.90. The summed E-state index contributed by atoms with van der Waals surface area (Å²) in [5.74, 6) is 0. The molecular formula is C12H7BrF6N2. The summed E-state index contributed by atoms with van der Waals surface area (Å²) in [4.78, 5) is 0. The Bertz CT molecular complexity index is 644. The molecule has 21 heavy (non-hydrogen) atoms. The van der Waals surface area contributed by atoms with Gasteiger partial charge in [0, 0.05) is 10.9 Å². The SMILES string of the molecule is FC(F)(F)c1cccc(-n2ncc(CBr)c2C(F)(F)F)c1. The van der Waals surface area contributed by atoms with Gasteiger partial charge in [0.15, 0.2) is 5.69 Å². The predicted molar refractivity (Wildman–Crippen MR) is 66.2 cm³/mol. The highest BCUT2D eigenvalue weighted by atomic mass is 79.9. The van der Waals surface area contributed by atoms with Crippen LogP contribution in [0, 0.1) is 0 Å². The molecule has 0 fully saturated rings. The summed E-state index contributed by atoms with van der Waals surface area (Å²) in [6.07, 6.45) is -8.40. The van der Waals surface area contributed by atoms with E-state index in [0.717, 1.165) is 24.4 Å². The maximum Gasteiger partial charge on any atom is 0.433 e. The first kappa shape index (κ1) is 15.9. The van der Waals surface area contributed by atoms with Gasteiger partial charge >= 0.3 is 12.4 Å². The van der Waals surface area contributed by atoms with E-state index < -0.39 is 23.6 Å². The first-order valence-corrected chi connectivity index (χ1v) is 6.64. The summed E-state index contributed by atoms with van der Waals surface area (Å²) in [6.45, 7) is 0. The van der Waals surface area contributed by atoms with E-state index in [1.165, 1.54) is 0 Å². The summed E-state index contributed by atoms with van der Waals surface area (Å²) in [5, 5.41) is 3.44. The number of rotatable bonds is 2. The Hall–Kier alpha value is -1.51. The second-order valence-corrected chi connectivity index (χ2v) is 4.67. The zero-order valence-corrected chi connectivity index (χ0v) is 11.7. The normalized spacial score (nSPS) is 12.7. The number of nitrogens with zero attached hydrogens (tertiary/aromatic N) is 2. The molecule has 2 aromatic rings. The van der Waals surface area contributed by atoms with Gasteiger partial charge in [-0.1, -0.05) is 22.0 Å². The summed E-state index contributed by atoms with van der Waals surface area (Å²) < 4.78 is 77.5. The monoisotopic (exact) mass is 372 g/mol. The van der Waals surface area contributed by atoms with Gasteiger partial charge in [-0.05, 0) is 18.2 Å². The quantitative estimate of drug-likeness (QED) is 0.546. The van der Waals surface area contributed by atoms with Crippen LogP contribution in [-0.4, -0.2) is 9.78 Å². The van der Waals surface area contributed by atoms with E-state index in [9.17, 15) is 26.3 Å². The molecule has 2 rings (SSSR count). The third kappa shape index (κ3) is 3.22. The van der Waals surface area contributed by atoms with E-state index in [4.69, 9.17) is 0 Å². The zero-order chi connectivity index (χ0) is 15.8. The van der Waals surface area contributed by atoms with Crippen LogP contribution in [-0.2, 0) is 17.7 Å². The van der Waals surface area contributed by atoms with Crippen LogP contribution in [0.25, 0.3) is 5.69 Å². The number of halogens is 7. The Balaban J connectivity index is 2.61. The van der Waals surface area contributed by atoms with Crippen LogP contribution in [0.2, 0.25) is 0 Å². The van der Waals surface area contributed by atoms with Crippen LogP contribution in [0.1, 0.15) is 16.8 Å². The van der Waals surface area contributed by atoms with Gasteiger partial charge < -0.3 is 0 Å². The van der Waals surface area contributed by atoms with E-state index in [1.807, 2.05) is 0 Å². The zero-order valence-electron chi connectivity index (χ0n) is 10.1. The van der Waals surface area contributed by atoms with Crippen molar-refractivity contribution in [1.29, 1.82) is 0 Å². The second-order valence-electron chi connectivity index (χ2n) is 4.11. The lowest BCUT2D eigenvalue weighted by molar-refractivity contribution is -0.143. The lowest BCUT2D eigenvalue weighted by atomic mass is 10.2. The molecule has 1 heterocycles. The van der Waals surface area contributed by atoms with Crippen molar-refractivity contribution in [3.05, 3.63) is 47.3 Å². The van der Waals surface area contributed by atoms with Gasteiger partial charge in [-0.15, -0.1) is 0 Å². The molecule has 0 aliphatic heterocycles. The van der Waals surface area contributed by atoms with E-state index in [2.05, 4.69) is 21.0 Å². The number of hydrogen-bond acceptors (Lipinski definition) is 1. The van der Waals surface area contributed by atoms with Crippen molar-refractivity contribution in [2.24, 2.45) is 0 Å². The van der Waals surface area contributed by atoms with Crippen LogP contribution in [0.4, 0.5) is 26.3 Å². The van der Waals surface area contributed by atoms with Crippen LogP contribution < -0.4 is 0 Å². The third-order valence-corrected chi connectivity index (χ3v) is 3.28. The molecule has 0 unspecified atom stereocenters. The molecule has 0 atom stereocenters. The van der Waals surface area contributed by atoms with Crippen molar-refractivity contribution < 1.29 is 26.3 Å². The van der Waals surface area contributed by atoms with Crippen molar-refractivity contribution in [3.63, 3.8) is 0 Å². The van der Waals surface area contributed by atoms with E-state index >= 15 is 0 Å². The maximum absolute atomic E-state index is 13.0. The molecule has 0 radical (unpaired) electrons. The lowest BCUT2D eigenvalue weighted by Gasteiger charge is -2.13. The molecule has 0 aliphatic rings. The Morgan fingerprint density at radius 1 is 1.05 bits per heavy atom. The fourth-order valence-corrected chi connectivity index (χ4v) is 2.20. The molecule has 0 spiro atoms. The summed E-state index contributed by atoms with van der Waals surface area (Å²) in [7, 11) is 0. The molecule has 2 nitrogen and oxygen atoms in total. The van der Waals surface area contributed by atoms with E-state index in [1.54, 1.807) is 0 Å². The van der Waals surface area contributed by atoms with Crippen LogP contribution in [0.3, 0.4) is 0 Å². The molecule has 0 N–H and O–H groups in total. The standard InChI is InChI=1S/C12H7BrF6N2/c13-5-7-6-20-21(10(7)12(17,18)19)9-3-1-2-8(4-9)11(14,15)16/h1-4,6H,5H2. The molecule has 1 aromatic heterocycles. The average molecular weight is 373 g/mol. The minimum Gasteiger partial charge on any atom is -0.228 e. The van der Waals surface area contributed by atoms with Crippen molar-refractivity contribution in [2.75, 3.05) is 0 Å². The predicted octanol–water partition coefficient (Wildman–Crippen LogP) is 4.80. The smallest absolute Gasteiger partial charge is 0.228 e. The Labute approximate surface area is 123 Å². The van der Waals surface area contributed by atoms with E-state index in [0.29, 0.717) is 10.7 Å². The maximum atomic E-state index is 13.0. The number of alkyl halides is 7. The van der Waals surface area contributed by atoms with Gasteiger partial charge in [0.05, 0.1) is 17.4 Å². The first-order valence-electron chi connectivity index (χ1n) is 5.52. The molecular weight excluding hydrogens is 366 g/mol. The van der Waals surface area contributed by atoms with Gasteiger partial charge in [-0.3, -0.25) is 0 Å². The van der Waals surface area contributed by atoms with Crippen molar-refractivity contribution in [3.8, 4) is 5.69 Å². The number of hydrogen-bond donors (Lipinski definition) is 0. The van der Waals surface area contributed by atoms with Crippen molar-refractivity contribution >= 4 is 15.9 Å². The molecule has 0 amide bonds. The molecule has 0 aliphatic carbocycles. The highest BCUT2D eigenvalue weighted by Gasteiger charge is 2.38. The molecule has 0 saturated carbocycles. The molecule has 1 aromatic carbocycles. The second kappa shape index (κ2) is 5.36. The Morgan fingerprint density at radius 2 is 1.71 bits per heavy atom. The fourth-order valence-electron chi connectivity index (χ4n) is 1.79. The van der Waals surface area contributed by atoms with Crippen LogP contribution in [0.5, 0.6) is 0 Å². The van der Waals surface area contributed by atoms with Gasteiger partial charge in [0.2, 0.25) is 0 Å². The fraction of sp³-hybridized carbons (Fsp3) is 0.250. The van der Waals surface area contributed by atoms with Crippen molar-refractivity contribution in [1.82, 2.24) is 9.78 Å². The molecule has 9 heteroatoms. The van der Waals surface area contributed by atoms with Crippen LogP contribution >= 0.6 is 15.9 Å². The van der Waals surface area contributed by atoms with Gasteiger partial charge in [0.25, 0.3) is 0 Å². The summed E-state index contributed by atoms with van der Waals surface area (Å²) in [6, 6.07) is 3.58. The highest BCUT2D eigenvalue weighted by molar-refractivity contribution is 9.08. The Kier molecular flexibility index (Phi) is 4.05.